The molecule has 83 heavy (non-hydrogen) atoms. The van der Waals surface area contributed by atoms with Crippen LogP contribution in [0.4, 0.5) is 0 Å². The van der Waals surface area contributed by atoms with Crippen LogP contribution >= 0.6 is 0 Å². The zero-order valence-corrected chi connectivity index (χ0v) is 56.0. The van der Waals surface area contributed by atoms with E-state index in [0.717, 1.165) is 89.9 Å². The van der Waals surface area contributed by atoms with Crippen LogP contribution in [0.25, 0.3) is 0 Å². The number of carbonyl (C=O) groups is 3. The molecule has 0 aliphatic rings. The molecule has 0 aromatic heterocycles. The van der Waals surface area contributed by atoms with Crippen molar-refractivity contribution in [2.45, 2.75) is 412 Å². The molecule has 0 aromatic carbocycles. The first-order chi connectivity index (χ1) is 41.0. The Hall–Kier alpha value is -2.63. The SMILES string of the molecule is CCC/C=C\C/C=C\CCCCCCCC(=O)OCC(COC(=O)CCCCCCCCCCCCCCCCCCCCCCCCCCCCCCCCC)OC(=O)CCCCCCCCCCC/C=C\C/C=C\CCCCCCC. The van der Waals surface area contributed by atoms with Crippen molar-refractivity contribution in [1.29, 1.82) is 0 Å². The van der Waals surface area contributed by atoms with Gasteiger partial charge in [0.2, 0.25) is 0 Å². The van der Waals surface area contributed by atoms with Crippen LogP contribution in [0.5, 0.6) is 0 Å². The molecule has 0 fully saturated rings. The largest absolute Gasteiger partial charge is 0.462 e. The Balaban J connectivity index is 4.16. The molecule has 1 unspecified atom stereocenters. The van der Waals surface area contributed by atoms with Crippen LogP contribution in [0.2, 0.25) is 0 Å². The number of carbonyl (C=O) groups excluding carboxylic acids is 3. The zero-order valence-electron chi connectivity index (χ0n) is 56.0. The topological polar surface area (TPSA) is 78.9 Å². The average Bonchev–Trinajstić information content (AvgIpc) is 3.49. The first-order valence-corrected chi connectivity index (χ1v) is 37.1. The van der Waals surface area contributed by atoms with Gasteiger partial charge in [-0.05, 0) is 77.0 Å². The summed E-state index contributed by atoms with van der Waals surface area (Å²) in [5.74, 6) is -0.869. The van der Waals surface area contributed by atoms with Crippen molar-refractivity contribution in [1.82, 2.24) is 0 Å². The summed E-state index contributed by atoms with van der Waals surface area (Å²) >= 11 is 0. The maximum atomic E-state index is 13.0. The molecule has 6 nitrogen and oxygen atoms in total. The van der Waals surface area contributed by atoms with Crippen molar-refractivity contribution in [2.24, 2.45) is 0 Å². The molecule has 0 rings (SSSR count). The Morgan fingerprint density at radius 1 is 0.241 bits per heavy atom. The van der Waals surface area contributed by atoms with Crippen molar-refractivity contribution in [3.8, 4) is 0 Å². The zero-order chi connectivity index (χ0) is 59.9. The molecule has 0 saturated heterocycles. The molecule has 6 heteroatoms. The summed E-state index contributed by atoms with van der Waals surface area (Å²) in [5, 5.41) is 0. The first kappa shape index (κ1) is 80.4. The number of esters is 3. The summed E-state index contributed by atoms with van der Waals surface area (Å²) in [6, 6.07) is 0. The van der Waals surface area contributed by atoms with Gasteiger partial charge >= 0.3 is 17.9 Å². The summed E-state index contributed by atoms with van der Waals surface area (Å²) in [7, 11) is 0. The molecule has 0 heterocycles. The van der Waals surface area contributed by atoms with E-state index in [1.54, 1.807) is 0 Å². The van der Waals surface area contributed by atoms with Gasteiger partial charge in [-0.15, -0.1) is 0 Å². The maximum Gasteiger partial charge on any atom is 0.306 e. The van der Waals surface area contributed by atoms with E-state index in [-0.39, 0.29) is 31.1 Å². The lowest BCUT2D eigenvalue weighted by atomic mass is 10.0. The molecule has 486 valence electrons. The monoisotopic (exact) mass is 1160 g/mol. The summed E-state index contributed by atoms with van der Waals surface area (Å²) in [6.07, 6.45) is 91.7. The van der Waals surface area contributed by atoms with Gasteiger partial charge in [0, 0.05) is 19.3 Å². The Kier molecular flexibility index (Phi) is 69.6. The van der Waals surface area contributed by atoms with Crippen LogP contribution in [-0.2, 0) is 28.6 Å². The Morgan fingerprint density at radius 2 is 0.458 bits per heavy atom. The van der Waals surface area contributed by atoms with Crippen molar-refractivity contribution in [3.05, 3.63) is 48.6 Å². The van der Waals surface area contributed by atoms with E-state index in [9.17, 15) is 14.4 Å². The molecule has 1 atom stereocenters. The minimum absolute atomic E-state index is 0.0755. The molecule has 0 saturated carbocycles. The molecule has 0 amide bonds. The van der Waals surface area contributed by atoms with Crippen LogP contribution in [0.3, 0.4) is 0 Å². The highest BCUT2D eigenvalue weighted by Gasteiger charge is 2.19. The molecular formula is C77H142O6. The minimum atomic E-state index is -0.781. The smallest absolute Gasteiger partial charge is 0.306 e. The number of rotatable bonds is 69. The van der Waals surface area contributed by atoms with Crippen molar-refractivity contribution >= 4 is 17.9 Å². The number of hydrogen-bond acceptors (Lipinski definition) is 6. The van der Waals surface area contributed by atoms with Crippen LogP contribution < -0.4 is 0 Å². The molecule has 0 radical (unpaired) electrons. The van der Waals surface area contributed by atoms with Crippen LogP contribution in [0.1, 0.15) is 406 Å². The number of ether oxygens (including phenoxy) is 3. The molecule has 0 bridgehead atoms. The van der Waals surface area contributed by atoms with Gasteiger partial charge in [-0.1, -0.05) is 358 Å². The number of hydrogen-bond donors (Lipinski definition) is 0. The van der Waals surface area contributed by atoms with E-state index < -0.39 is 6.10 Å². The van der Waals surface area contributed by atoms with E-state index in [0.29, 0.717) is 19.3 Å². The van der Waals surface area contributed by atoms with Gasteiger partial charge in [-0.3, -0.25) is 14.4 Å². The van der Waals surface area contributed by atoms with Gasteiger partial charge in [0.15, 0.2) is 6.10 Å². The lowest BCUT2D eigenvalue weighted by Crippen LogP contribution is -2.30. The van der Waals surface area contributed by atoms with Crippen LogP contribution in [0.15, 0.2) is 48.6 Å². The van der Waals surface area contributed by atoms with Gasteiger partial charge in [-0.25, -0.2) is 0 Å². The van der Waals surface area contributed by atoms with Crippen molar-refractivity contribution < 1.29 is 28.6 Å². The van der Waals surface area contributed by atoms with Gasteiger partial charge in [0.25, 0.3) is 0 Å². The predicted octanol–water partition coefficient (Wildman–Crippen LogP) is 25.7. The van der Waals surface area contributed by atoms with E-state index in [4.69, 9.17) is 14.2 Å². The van der Waals surface area contributed by atoms with E-state index in [2.05, 4.69) is 69.4 Å². The quantitative estimate of drug-likeness (QED) is 0.0261. The van der Waals surface area contributed by atoms with E-state index in [1.807, 2.05) is 0 Å². The highest BCUT2D eigenvalue weighted by Crippen LogP contribution is 2.19. The lowest BCUT2D eigenvalue weighted by Gasteiger charge is -2.18. The molecule has 0 aliphatic heterocycles. The van der Waals surface area contributed by atoms with Gasteiger partial charge in [-0.2, -0.15) is 0 Å². The second-order valence-electron chi connectivity index (χ2n) is 25.2. The summed E-state index contributed by atoms with van der Waals surface area (Å²) < 4.78 is 17.0. The molecular weight excluding hydrogens is 1020 g/mol. The average molecular weight is 1160 g/mol. The third kappa shape index (κ3) is 70.0. The maximum absolute atomic E-state index is 13.0. The van der Waals surface area contributed by atoms with Gasteiger partial charge in [0.1, 0.15) is 13.2 Å². The van der Waals surface area contributed by atoms with Gasteiger partial charge < -0.3 is 14.2 Å². The molecule has 0 aliphatic carbocycles. The molecule has 0 aromatic rings. The highest BCUT2D eigenvalue weighted by molar-refractivity contribution is 5.71. The van der Waals surface area contributed by atoms with E-state index >= 15 is 0 Å². The van der Waals surface area contributed by atoms with Gasteiger partial charge in [0.05, 0.1) is 0 Å². The molecule has 0 N–H and O–H groups in total. The second kappa shape index (κ2) is 71.8. The third-order valence-corrected chi connectivity index (χ3v) is 16.8. The van der Waals surface area contributed by atoms with Crippen LogP contribution in [-0.4, -0.2) is 37.2 Å². The minimum Gasteiger partial charge on any atom is -0.462 e. The third-order valence-electron chi connectivity index (χ3n) is 16.8. The Bertz CT molecular complexity index is 1430. The highest BCUT2D eigenvalue weighted by atomic mass is 16.6. The number of allylic oxidation sites excluding steroid dienone is 8. The molecule has 0 spiro atoms. The standard InChI is InChI=1S/C77H142O6/c1-4-7-10-13-16-19-22-25-27-29-31-33-34-35-36-37-38-39-40-41-42-44-45-47-49-52-55-58-61-64-67-70-76(79)82-73-74(72-81-75(78)69-66-63-60-57-54-51-24-21-18-15-12-9-6-3)83-77(80)71-68-65-62-59-56-53-50-48-46-43-32-30-28-26-23-20-17-14-11-8-5-2/h12,15,21,23-24,26,30,32,74H,4-11,13-14,16-20,22,25,27-29,31,33-73H2,1-3H3/b15-12-,24-21-,26-23-,32-30-. The van der Waals surface area contributed by atoms with E-state index in [1.165, 1.54) is 276 Å². The summed E-state index contributed by atoms with van der Waals surface area (Å²) in [4.78, 5) is 38.4. The lowest BCUT2D eigenvalue weighted by molar-refractivity contribution is -0.167. The fraction of sp³-hybridized carbons (Fsp3) is 0.857. The normalized spacial score (nSPS) is 12.3. The summed E-state index contributed by atoms with van der Waals surface area (Å²) in [5.41, 5.74) is 0. The number of unbranched alkanes of at least 4 members (excludes halogenated alkanes) is 50. The van der Waals surface area contributed by atoms with Crippen molar-refractivity contribution in [2.75, 3.05) is 13.2 Å². The first-order valence-electron chi connectivity index (χ1n) is 37.1. The Labute approximate surface area is 518 Å². The fourth-order valence-electron chi connectivity index (χ4n) is 11.2. The summed E-state index contributed by atoms with van der Waals surface area (Å²) in [6.45, 7) is 6.62. The van der Waals surface area contributed by atoms with Crippen molar-refractivity contribution in [3.63, 3.8) is 0 Å². The fourth-order valence-corrected chi connectivity index (χ4v) is 11.2. The second-order valence-corrected chi connectivity index (χ2v) is 25.2. The Morgan fingerprint density at radius 3 is 0.711 bits per heavy atom. The predicted molar refractivity (Wildman–Crippen MR) is 362 cm³/mol. The van der Waals surface area contributed by atoms with Crippen LogP contribution in [0, 0.1) is 0 Å².